The summed E-state index contributed by atoms with van der Waals surface area (Å²) >= 11 is 1.09. The van der Waals surface area contributed by atoms with Crippen LogP contribution < -0.4 is 20.5 Å². The molecule has 0 saturated heterocycles. The van der Waals surface area contributed by atoms with Crippen LogP contribution in [0.2, 0.25) is 0 Å². The minimum Gasteiger partial charge on any atom is -0.493 e. The first-order valence-corrected chi connectivity index (χ1v) is 8.78. The predicted molar refractivity (Wildman–Crippen MR) is 98.9 cm³/mol. The summed E-state index contributed by atoms with van der Waals surface area (Å²) in [5.41, 5.74) is 6.96. The number of hydrogen-bond acceptors (Lipinski definition) is 8. The van der Waals surface area contributed by atoms with Gasteiger partial charge in [0.1, 0.15) is 10.6 Å². The lowest BCUT2D eigenvalue weighted by atomic mass is 10.1. The van der Waals surface area contributed by atoms with Gasteiger partial charge in [0.25, 0.3) is 5.91 Å². The van der Waals surface area contributed by atoms with Crippen molar-refractivity contribution in [2.75, 3.05) is 19.5 Å². The Morgan fingerprint density at radius 3 is 2.52 bits per heavy atom. The summed E-state index contributed by atoms with van der Waals surface area (Å²) in [6.45, 7) is 3.07. The first kappa shape index (κ1) is 18.7. The highest BCUT2D eigenvalue weighted by Crippen LogP contribution is 2.43. The Morgan fingerprint density at radius 1 is 1.26 bits per heavy atom. The van der Waals surface area contributed by atoms with Crippen LogP contribution in [-0.2, 0) is 4.74 Å². The van der Waals surface area contributed by atoms with Gasteiger partial charge in [-0.25, -0.2) is 4.79 Å². The summed E-state index contributed by atoms with van der Waals surface area (Å²) in [6, 6.07) is 3.33. The number of cyclic esters (lactones) is 1. The molecule has 2 aromatic rings. The third kappa shape index (κ3) is 2.99. The van der Waals surface area contributed by atoms with Gasteiger partial charge in [-0.3, -0.25) is 9.59 Å². The van der Waals surface area contributed by atoms with Crippen LogP contribution in [0.3, 0.4) is 0 Å². The number of hydrogen-bond donors (Lipinski definition) is 2. The number of nitrogens with two attached hydrogens (primary N) is 1. The molecular weight excluding hydrogens is 372 g/mol. The number of carbonyl (C=O) groups is 3. The molecule has 0 spiro atoms. The fourth-order valence-corrected chi connectivity index (χ4v) is 4.20. The molecule has 1 aliphatic rings. The molecule has 1 aliphatic heterocycles. The largest absolute Gasteiger partial charge is 0.493 e. The summed E-state index contributed by atoms with van der Waals surface area (Å²) < 4.78 is 15.9. The van der Waals surface area contributed by atoms with E-state index in [2.05, 4.69) is 5.32 Å². The van der Waals surface area contributed by atoms with Crippen LogP contribution in [0.15, 0.2) is 12.1 Å². The average molecular weight is 390 g/mol. The molecule has 3 N–H and O–H groups in total. The Hall–Kier alpha value is -3.07. The summed E-state index contributed by atoms with van der Waals surface area (Å²) in [6.07, 6.45) is -0.858. The maximum atomic E-state index is 12.4. The Labute approximate surface area is 159 Å². The zero-order valence-corrected chi connectivity index (χ0v) is 16.0. The first-order chi connectivity index (χ1) is 12.8. The number of rotatable bonds is 6. The summed E-state index contributed by atoms with van der Waals surface area (Å²) in [5.74, 6) is -0.762. The number of carbonyl (C=O) groups excluding carboxylic acids is 3. The molecular formula is C18H18N2O6S. The number of anilines is 1. The van der Waals surface area contributed by atoms with Crippen LogP contribution in [0.4, 0.5) is 5.00 Å². The van der Waals surface area contributed by atoms with E-state index in [4.69, 9.17) is 19.9 Å². The van der Waals surface area contributed by atoms with E-state index in [9.17, 15) is 14.4 Å². The van der Waals surface area contributed by atoms with Gasteiger partial charge in [-0.15, -0.1) is 11.3 Å². The van der Waals surface area contributed by atoms with Gasteiger partial charge in [0.15, 0.2) is 17.3 Å². The lowest BCUT2D eigenvalue weighted by Gasteiger charge is -2.14. The first-order valence-electron chi connectivity index (χ1n) is 7.96. The Balaban J connectivity index is 2.06. The number of primary amides is 1. The van der Waals surface area contributed by atoms with E-state index in [-0.39, 0.29) is 22.7 Å². The molecule has 0 bridgehead atoms. The minimum atomic E-state index is -0.858. The molecule has 0 unspecified atom stereocenters. The highest BCUT2D eigenvalue weighted by Gasteiger charge is 2.37. The minimum absolute atomic E-state index is 0.178. The van der Waals surface area contributed by atoms with E-state index >= 15 is 0 Å². The Bertz CT molecular complexity index is 965. The lowest BCUT2D eigenvalue weighted by molar-refractivity contribution is 0.0435. The fourth-order valence-electron chi connectivity index (χ4n) is 3.07. The number of benzene rings is 1. The highest BCUT2D eigenvalue weighted by atomic mass is 32.1. The molecule has 1 aromatic carbocycles. The molecule has 0 aliphatic carbocycles. The van der Waals surface area contributed by atoms with Crippen LogP contribution in [-0.4, -0.2) is 31.9 Å². The lowest BCUT2D eigenvalue weighted by Crippen LogP contribution is -2.16. The number of nitrogens with one attached hydrogen (secondary N) is 1. The molecule has 9 heteroatoms. The monoisotopic (exact) mass is 390 g/mol. The van der Waals surface area contributed by atoms with Crippen molar-refractivity contribution < 1.29 is 28.6 Å². The smallest absolute Gasteiger partial charge is 0.344 e. The third-order valence-electron chi connectivity index (χ3n) is 4.26. The molecule has 142 valence electrons. The second-order valence-corrected chi connectivity index (χ2v) is 6.90. The maximum Gasteiger partial charge on any atom is 0.344 e. The molecule has 0 saturated carbocycles. The van der Waals surface area contributed by atoms with Crippen LogP contribution in [0.5, 0.6) is 11.5 Å². The highest BCUT2D eigenvalue weighted by molar-refractivity contribution is 7.18. The van der Waals surface area contributed by atoms with E-state index in [1.54, 1.807) is 19.1 Å². The molecule has 1 atom stereocenters. The number of methoxy groups -OCH3 is 2. The zero-order chi connectivity index (χ0) is 19.9. The van der Waals surface area contributed by atoms with Crippen molar-refractivity contribution in [3.63, 3.8) is 0 Å². The molecule has 27 heavy (non-hydrogen) atoms. The van der Waals surface area contributed by atoms with Gasteiger partial charge in [0, 0.05) is 5.56 Å². The maximum absolute atomic E-state index is 12.4. The van der Waals surface area contributed by atoms with Crippen LogP contribution in [0.1, 0.15) is 54.7 Å². The van der Waals surface area contributed by atoms with Gasteiger partial charge in [0.05, 0.1) is 24.7 Å². The van der Waals surface area contributed by atoms with Gasteiger partial charge in [-0.1, -0.05) is 0 Å². The zero-order valence-electron chi connectivity index (χ0n) is 15.2. The van der Waals surface area contributed by atoms with Crippen LogP contribution in [0.25, 0.3) is 0 Å². The second kappa shape index (κ2) is 6.92. The number of ether oxygens (including phenoxy) is 3. The molecule has 2 heterocycles. The van der Waals surface area contributed by atoms with Crippen molar-refractivity contribution in [2.24, 2.45) is 5.73 Å². The molecule has 0 fully saturated rings. The summed E-state index contributed by atoms with van der Waals surface area (Å²) in [4.78, 5) is 36.5. The van der Waals surface area contributed by atoms with Crippen molar-refractivity contribution in [3.05, 3.63) is 39.3 Å². The number of thiophene rings is 1. The van der Waals surface area contributed by atoms with Crippen molar-refractivity contribution in [3.8, 4) is 11.5 Å². The van der Waals surface area contributed by atoms with E-state index in [0.717, 1.165) is 11.3 Å². The summed E-state index contributed by atoms with van der Waals surface area (Å²) in [7, 11) is 2.90. The van der Waals surface area contributed by atoms with Gasteiger partial charge < -0.3 is 25.3 Å². The summed E-state index contributed by atoms with van der Waals surface area (Å²) in [5, 5.41) is 3.37. The van der Waals surface area contributed by atoms with Crippen molar-refractivity contribution in [2.45, 2.75) is 20.1 Å². The predicted octanol–water partition coefficient (Wildman–Crippen LogP) is 2.66. The van der Waals surface area contributed by atoms with Crippen LogP contribution in [0, 0.1) is 6.92 Å². The Kier molecular flexibility index (Phi) is 4.79. The number of amides is 1. The van der Waals surface area contributed by atoms with E-state index < -0.39 is 18.1 Å². The topological polar surface area (TPSA) is 117 Å². The number of Topliss-reactive ketones (excluding diaryl/α,β-unsaturated/α-hetero) is 1. The van der Waals surface area contributed by atoms with E-state index in [0.29, 0.717) is 26.8 Å². The van der Waals surface area contributed by atoms with Crippen molar-refractivity contribution >= 4 is 34.0 Å². The molecule has 1 amide bonds. The molecule has 8 nitrogen and oxygen atoms in total. The van der Waals surface area contributed by atoms with Crippen molar-refractivity contribution in [1.29, 1.82) is 0 Å². The van der Waals surface area contributed by atoms with Gasteiger partial charge in [-0.2, -0.15) is 0 Å². The van der Waals surface area contributed by atoms with Gasteiger partial charge in [0.2, 0.25) is 6.23 Å². The SMILES string of the molecule is COc1ccc2c(c1OC)C(=O)O[C@@H]2Nc1sc(C(C)=O)c(C)c1C(N)=O. The standard InChI is InChI=1S/C18H18N2O6S/c1-7-11(15(19)22)17(27-14(7)8(2)21)20-16-9-5-6-10(24-3)13(25-4)12(9)18(23)26-16/h5-6,16,20H,1-4H3,(H2,19,22)/t16-/m0/s1. The number of ketones is 1. The number of esters is 1. The Morgan fingerprint density at radius 2 is 1.96 bits per heavy atom. The molecule has 1 aromatic heterocycles. The van der Waals surface area contributed by atoms with Crippen LogP contribution >= 0.6 is 11.3 Å². The second-order valence-electron chi connectivity index (χ2n) is 5.88. The van der Waals surface area contributed by atoms with Gasteiger partial charge >= 0.3 is 5.97 Å². The van der Waals surface area contributed by atoms with Crippen molar-refractivity contribution in [1.82, 2.24) is 0 Å². The number of fused-ring (bicyclic) bond motifs is 1. The fraction of sp³-hybridized carbons (Fsp3) is 0.278. The van der Waals surface area contributed by atoms with Gasteiger partial charge in [-0.05, 0) is 31.5 Å². The normalized spacial score (nSPS) is 15.1. The quantitative estimate of drug-likeness (QED) is 0.575. The van der Waals surface area contributed by atoms with E-state index in [1.165, 1.54) is 21.1 Å². The molecule has 3 rings (SSSR count). The third-order valence-corrected chi connectivity index (χ3v) is 5.59. The van der Waals surface area contributed by atoms with E-state index in [1.807, 2.05) is 0 Å². The molecule has 0 radical (unpaired) electrons. The average Bonchev–Trinajstić information content (AvgIpc) is 3.11.